The highest BCUT2D eigenvalue weighted by Crippen LogP contribution is 2.24. The molecule has 0 aliphatic carbocycles. The molecule has 0 spiro atoms. The Morgan fingerprint density at radius 3 is 2.76 bits per heavy atom. The van der Waals surface area contributed by atoms with Crippen molar-refractivity contribution in [3.63, 3.8) is 0 Å². The van der Waals surface area contributed by atoms with Gasteiger partial charge in [0, 0.05) is 29.2 Å². The van der Waals surface area contributed by atoms with Crippen LogP contribution in [0.5, 0.6) is 0 Å². The number of aryl methyl sites for hydroxylation is 3. The van der Waals surface area contributed by atoms with Crippen molar-refractivity contribution >= 4 is 11.3 Å². The molecular weight excluding hydrogens is 230 g/mol. The Kier molecular flexibility index (Phi) is 3.64. The fraction of sp³-hybridized carbons (Fsp3) is 0.462. The standard InChI is InChI=1S/C13H19N3S/c1-9-13(10(2)16(3)15-9)12(14)7-6-11-5-4-8-17-11/h4-5,8,12H,6-7,14H2,1-3H3. The van der Waals surface area contributed by atoms with Gasteiger partial charge in [-0.25, -0.2) is 0 Å². The Morgan fingerprint density at radius 1 is 1.47 bits per heavy atom. The van der Waals surface area contributed by atoms with Crippen molar-refractivity contribution in [2.75, 3.05) is 0 Å². The lowest BCUT2D eigenvalue weighted by Gasteiger charge is -2.11. The van der Waals surface area contributed by atoms with Crippen molar-refractivity contribution in [3.05, 3.63) is 39.3 Å². The van der Waals surface area contributed by atoms with Crippen LogP contribution in [0.3, 0.4) is 0 Å². The Labute approximate surface area is 106 Å². The van der Waals surface area contributed by atoms with Crippen molar-refractivity contribution in [2.24, 2.45) is 12.8 Å². The van der Waals surface area contributed by atoms with Gasteiger partial charge in [0.15, 0.2) is 0 Å². The molecule has 3 nitrogen and oxygen atoms in total. The van der Waals surface area contributed by atoms with Crippen LogP contribution in [0.1, 0.15) is 34.3 Å². The Hall–Kier alpha value is -1.13. The summed E-state index contributed by atoms with van der Waals surface area (Å²) in [5, 5.41) is 6.53. The molecule has 1 atom stereocenters. The molecule has 2 rings (SSSR count). The lowest BCUT2D eigenvalue weighted by atomic mass is 10.0. The van der Waals surface area contributed by atoms with Crippen LogP contribution in [0, 0.1) is 13.8 Å². The van der Waals surface area contributed by atoms with Crippen LogP contribution in [0.25, 0.3) is 0 Å². The molecule has 0 amide bonds. The predicted molar refractivity (Wildman–Crippen MR) is 72.3 cm³/mol. The average molecular weight is 249 g/mol. The van der Waals surface area contributed by atoms with E-state index in [-0.39, 0.29) is 6.04 Å². The van der Waals surface area contributed by atoms with Crippen LogP contribution < -0.4 is 5.73 Å². The molecule has 4 heteroatoms. The third-order valence-corrected chi connectivity index (χ3v) is 4.15. The maximum Gasteiger partial charge on any atom is 0.0644 e. The number of hydrogen-bond donors (Lipinski definition) is 1. The number of nitrogens with zero attached hydrogens (tertiary/aromatic N) is 2. The fourth-order valence-corrected chi connectivity index (χ4v) is 2.95. The number of nitrogens with two attached hydrogens (primary N) is 1. The largest absolute Gasteiger partial charge is 0.324 e. The van der Waals surface area contributed by atoms with E-state index < -0.39 is 0 Å². The molecule has 0 aliphatic heterocycles. The monoisotopic (exact) mass is 249 g/mol. The van der Waals surface area contributed by atoms with Gasteiger partial charge in [0.1, 0.15) is 0 Å². The highest BCUT2D eigenvalue weighted by atomic mass is 32.1. The molecule has 0 saturated carbocycles. The Bertz CT molecular complexity index is 485. The smallest absolute Gasteiger partial charge is 0.0644 e. The van der Waals surface area contributed by atoms with E-state index >= 15 is 0 Å². The third kappa shape index (κ3) is 2.58. The number of rotatable bonds is 4. The quantitative estimate of drug-likeness (QED) is 0.905. The zero-order chi connectivity index (χ0) is 12.4. The molecule has 2 aromatic rings. The fourth-order valence-electron chi connectivity index (χ4n) is 2.22. The van der Waals surface area contributed by atoms with Crippen LogP contribution in [0.2, 0.25) is 0 Å². The second-order valence-electron chi connectivity index (χ2n) is 4.43. The molecule has 0 aromatic carbocycles. The van der Waals surface area contributed by atoms with Gasteiger partial charge >= 0.3 is 0 Å². The van der Waals surface area contributed by atoms with Crippen molar-refractivity contribution in [1.82, 2.24) is 9.78 Å². The SMILES string of the molecule is Cc1nn(C)c(C)c1C(N)CCc1cccs1. The summed E-state index contributed by atoms with van der Waals surface area (Å²) in [4.78, 5) is 1.40. The summed E-state index contributed by atoms with van der Waals surface area (Å²) in [6, 6.07) is 4.35. The van der Waals surface area contributed by atoms with Gasteiger partial charge in [-0.1, -0.05) is 6.07 Å². The molecule has 17 heavy (non-hydrogen) atoms. The normalized spacial score (nSPS) is 12.9. The topological polar surface area (TPSA) is 43.8 Å². The lowest BCUT2D eigenvalue weighted by molar-refractivity contribution is 0.645. The van der Waals surface area contributed by atoms with E-state index in [1.807, 2.05) is 18.7 Å². The van der Waals surface area contributed by atoms with Crippen molar-refractivity contribution in [2.45, 2.75) is 32.7 Å². The molecule has 0 radical (unpaired) electrons. The van der Waals surface area contributed by atoms with E-state index in [0.717, 1.165) is 18.5 Å². The van der Waals surface area contributed by atoms with Crippen LogP contribution >= 0.6 is 11.3 Å². The molecule has 0 fully saturated rings. The summed E-state index contributed by atoms with van der Waals surface area (Å²) in [7, 11) is 1.97. The molecule has 2 N–H and O–H groups in total. The molecule has 0 bridgehead atoms. The van der Waals surface area contributed by atoms with E-state index in [1.165, 1.54) is 16.1 Å². The minimum atomic E-state index is 0.0887. The van der Waals surface area contributed by atoms with Gasteiger partial charge < -0.3 is 5.73 Å². The van der Waals surface area contributed by atoms with E-state index in [1.54, 1.807) is 11.3 Å². The highest BCUT2D eigenvalue weighted by molar-refractivity contribution is 7.09. The van der Waals surface area contributed by atoms with Crippen molar-refractivity contribution in [1.29, 1.82) is 0 Å². The molecular formula is C13H19N3S. The van der Waals surface area contributed by atoms with Crippen LogP contribution in [-0.4, -0.2) is 9.78 Å². The van der Waals surface area contributed by atoms with Gasteiger partial charge in [-0.3, -0.25) is 4.68 Å². The van der Waals surface area contributed by atoms with E-state index in [0.29, 0.717) is 0 Å². The first-order chi connectivity index (χ1) is 8.09. The van der Waals surface area contributed by atoms with Gasteiger partial charge in [0.25, 0.3) is 0 Å². The summed E-state index contributed by atoms with van der Waals surface area (Å²) >= 11 is 1.80. The molecule has 2 heterocycles. The minimum absolute atomic E-state index is 0.0887. The number of thiophene rings is 1. The van der Waals surface area contributed by atoms with Gasteiger partial charge in [0.2, 0.25) is 0 Å². The summed E-state index contributed by atoms with van der Waals surface area (Å²) in [6.07, 6.45) is 2.03. The maximum atomic E-state index is 6.28. The van der Waals surface area contributed by atoms with E-state index in [2.05, 4.69) is 29.5 Å². The van der Waals surface area contributed by atoms with Gasteiger partial charge in [-0.05, 0) is 38.1 Å². The summed E-state index contributed by atoms with van der Waals surface area (Å²) in [5.74, 6) is 0. The first-order valence-electron chi connectivity index (χ1n) is 5.87. The maximum absolute atomic E-state index is 6.28. The van der Waals surface area contributed by atoms with Crippen LogP contribution in [0.4, 0.5) is 0 Å². The molecule has 92 valence electrons. The summed E-state index contributed by atoms with van der Waals surface area (Å²) in [5.41, 5.74) is 9.73. The average Bonchev–Trinajstić information content (AvgIpc) is 2.86. The zero-order valence-electron chi connectivity index (χ0n) is 10.6. The predicted octanol–water partition coefficient (Wildman–Crippen LogP) is 2.73. The minimum Gasteiger partial charge on any atom is -0.324 e. The van der Waals surface area contributed by atoms with Gasteiger partial charge in [0.05, 0.1) is 5.69 Å². The molecule has 2 aromatic heterocycles. The Morgan fingerprint density at radius 2 is 2.24 bits per heavy atom. The van der Waals surface area contributed by atoms with Crippen LogP contribution in [0.15, 0.2) is 17.5 Å². The second-order valence-corrected chi connectivity index (χ2v) is 5.46. The second kappa shape index (κ2) is 5.02. The van der Waals surface area contributed by atoms with E-state index in [4.69, 9.17) is 5.73 Å². The highest BCUT2D eigenvalue weighted by Gasteiger charge is 2.16. The zero-order valence-corrected chi connectivity index (χ0v) is 11.4. The Balaban J connectivity index is 2.07. The summed E-state index contributed by atoms with van der Waals surface area (Å²) < 4.78 is 1.91. The lowest BCUT2D eigenvalue weighted by Crippen LogP contribution is -2.13. The number of aromatic nitrogens is 2. The van der Waals surface area contributed by atoms with Crippen molar-refractivity contribution < 1.29 is 0 Å². The first-order valence-corrected chi connectivity index (χ1v) is 6.75. The third-order valence-electron chi connectivity index (χ3n) is 3.22. The number of hydrogen-bond acceptors (Lipinski definition) is 3. The molecule has 0 aliphatic rings. The summed E-state index contributed by atoms with van der Waals surface area (Å²) in [6.45, 7) is 4.12. The first kappa shape index (κ1) is 12.3. The molecule has 1 unspecified atom stereocenters. The van der Waals surface area contributed by atoms with Crippen LogP contribution in [-0.2, 0) is 13.5 Å². The van der Waals surface area contributed by atoms with E-state index in [9.17, 15) is 0 Å². The van der Waals surface area contributed by atoms with Crippen molar-refractivity contribution in [3.8, 4) is 0 Å². The van der Waals surface area contributed by atoms with Gasteiger partial charge in [-0.15, -0.1) is 11.3 Å². The van der Waals surface area contributed by atoms with Gasteiger partial charge in [-0.2, -0.15) is 5.10 Å². The molecule has 0 saturated heterocycles.